The van der Waals surface area contributed by atoms with Crippen LogP contribution in [0.1, 0.15) is 61.0 Å². The fraction of sp³-hybridized carbons (Fsp3) is 0.769. The Morgan fingerprint density at radius 3 is 2.00 bits per heavy atom. The van der Waals surface area contributed by atoms with Crippen molar-refractivity contribution in [2.45, 2.75) is 115 Å². The molecule has 2 aliphatic heterocycles. The monoisotopic (exact) mass is 526 g/mol. The van der Waals surface area contributed by atoms with Crippen LogP contribution in [0.5, 0.6) is 0 Å². The molecule has 0 saturated carbocycles. The number of ether oxygens (including phenoxy) is 3. The number of benzene rings is 1. The van der Waals surface area contributed by atoms with E-state index in [0.717, 1.165) is 5.56 Å². The maximum absolute atomic E-state index is 11.2. The zero-order chi connectivity index (χ0) is 26.0. The molecule has 2 saturated heterocycles. The summed E-state index contributed by atoms with van der Waals surface area (Å²) < 4.78 is 39.4. The Morgan fingerprint density at radius 2 is 1.49 bits per heavy atom. The molecule has 3 rings (SSSR count). The molecule has 0 aromatic heterocycles. The molecule has 0 unspecified atom stereocenters. The minimum atomic E-state index is -2.85. The lowest BCUT2D eigenvalue weighted by molar-refractivity contribution is -0.307. The van der Waals surface area contributed by atoms with Crippen molar-refractivity contribution < 1.29 is 32.3 Å². The molecule has 2 fully saturated rings. The summed E-state index contributed by atoms with van der Waals surface area (Å²) in [5.74, 6) is 0. The number of aliphatic hydroxyl groups excluding tert-OH is 1. The highest BCUT2D eigenvalue weighted by atomic mass is 28.5. The van der Waals surface area contributed by atoms with Gasteiger partial charge in [0.25, 0.3) is 0 Å². The first-order valence-corrected chi connectivity index (χ1v) is 17.0. The van der Waals surface area contributed by atoms with Gasteiger partial charge in [0, 0.05) is 7.11 Å². The maximum atomic E-state index is 11.2. The third kappa shape index (κ3) is 5.78. The van der Waals surface area contributed by atoms with Gasteiger partial charge >= 0.3 is 17.1 Å². The lowest BCUT2D eigenvalue weighted by Crippen LogP contribution is -2.70. The lowest BCUT2D eigenvalue weighted by Gasteiger charge is -2.55. The average Bonchev–Trinajstić information content (AvgIpc) is 2.79. The van der Waals surface area contributed by atoms with Gasteiger partial charge in [0.15, 0.2) is 6.29 Å². The Hall–Kier alpha value is -0.626. The van der Waals surface area contributed by atoms with Gasteiger partial charge in [-0.25, -0.2) is 0 Å². The van der Waals surface area contributed by atoms with Crippen molar-refractivity contribution >= 4 is 17.1 Å². The van der Waals surface area contributed by atoms with Crippen molar-refractivity contribution in [1.29, 1.82) is 0 Å². The smallest absolute Gasteiger partial charge is 0.335 e. The van der Waals surface area contributed by atoms with E-state index in [-0.39, 0.29) is 22.2 Å². The lowest BCUT2D eigenvalue weighted by atomic mass is 9.99. The second kappa shape index (κ2) is 11.8. The zero-order valence-electron chi connectivity index (χ0n) is 22.9. The van der Waals surface area contributed by atoms with E-state index in [4.69, 9.17) is 27.2 Å². The van der Waals surface area contributed by atoms with Crippen molar-refractivity contribution in [3.05, 3.63) is 35.9 Å². The van der Waals surface area contributed by atoms with Crippen molar-refractivity contribution in [2.24, 2.45) is 0 Å². The Bertz CT molecular complexity index is 773. The first-order chi connectivity index (χ1) is 16.5. The van der Waals surface area contributed by atoms with Crippen LogP contribution in [-0.2, 0) is 33.8 Å². The summed E-state index contributed by atoms with van der Waals surface area (Å²) in [5.41, 5.74) is 1.84. The van der Waals surface area contributed by atoms with Gasteiger partial charge in [-0.2, -0.15) is 0 Å². The van der Waals surface area contributed by atoms with Crippen LogP contribution in [0.25, 0.3) is 0 Å². The Labute approximate surface area is 213 Å². The number of methoxy groups -OCH3 is 1. The highest BCUT2D eigenvalue weighted by Gasteiger charge is 2.61. The van der Waals surface area contributed by atoms with Crippen molar-refractivity contribution in [3.8, 4) is 0 Å². The van der Waals surface area contributed by atoms with Crippen molar-refractivity contribution in [2.75, 3.05) is 13.7 Å². The van der Waals surface area contributed by atoms with E-state index in [1.54, 1.807) is 7.11 Å². The third-order valence-corrected chi connectivity index (χ3v) is 17.7. The van der Waals surface area contributed by atoms with Crippen LogP contribution < -0.4 is 0 Å². The van der Waals surface area contributed by atoms with Crippen LogP contribution in [0.3, 0.4) is 0 Å². The Kier molecular flexibility index (Phi) is 9.78. The Morgan fingerprint density at radius 1 is 0.914 bits per heavy atom. The maximum Gasteiger partial charge on any atom is 0.335 e. The summed E-state index contributed by atoms with van der Waals surface area (Å²) >= 11 is 0. The first kappa shape index (κ1) is 28.9. The molecule has 1 aromatic rings. The summed E-state index contributed by atoms with van der Waals surface area (Å²) in [6.07, 6.45) is -3.44. The number of aliphatic hydroxyl groups is 1. The molecule has 200 valence electrons. The number of hydrogen-bond donors (Lipinski definition) is 1. The van der Waals surface area contributed by atoms with E-state index in [0.29, 0.717) is 13.2 Å². The fourth-order valence-electron chi connectivity index (χ4n) is 5.47. The molecule has 1 N–H and O–H groups in total. The molecule has 1 aromatic carbocycles. The highest BCUT2D eigenvalue weighted by molar-refractivity contribution is 6.83. The minimum absolute atomic E-state index is 0.177. The summed E-state index contributed by atoms with van der Waals surface area (Å²) in [4.78, 5) is 0. The summed E-state index contributed by atoms with van der Waals surface area (Å²) in [6.45, 7) is 18.1. The van der Waals surface area contributed by atoms with Crippen molar-refractivity contribution in [3.63, 3.8) is 0 Å². The zero-order valence-corrected chi connectivity index (χ0v) is 24.9. The second-order valence-corrected chi connectivity index (χ2v) is 19.9. The number of rotatable bonds is 8. The second-order valence-electron chi connectivity index (χ2n) is 11.1. The molecule has 0 aliphatic carbocycles. The third-order valence-electron chi connectivity index (χ3n) is 7.48. The van der Waals surface area contributed by atoms with Crippen LogP contribution in [0.4, 0.5) is 0 Å². The standard InChI is InChI=1S/C26H46O7Si2/c1-17(2)34(18(3)4)30-16-22-24(32-35(33-34,19(5)6)20(7)8)25(28-9)23(27)26(31-22)29-15-21-13-11-10-12-14-21/h10-14,17-20,22-27H,15-16H2,1-9H3/t22-,23-,24-,25-,26-/m1/s1. The van der Waals surface area contributed by atoms with Crippen LogP contribution in [0.2, 0.25) is 22.2 Å². The molecule has 0 amide bonds. The predicted octanol–water partition coefficient (Wildman–Crippen LogP) is 5.26. The van der Waals surface area contributed by atoms with E-state index >= 15 is 0 Å². The quantitative estimate of drug-likeness (QED) is 0.463. The Balaban J connectivity index is 1.97. The normalized spacial score (nSPS) is 31.0. The van der Waals surface area contributed by atoms with Gasteiger partial charge in [0.1, 0.15) is 24.4 Å². The summed E-state index contributed by atoms with van der Waals surface area (Å²) in [6, 6.07) is 9.87. The van der Waals surface area contributed by atoms with Gasteiger partial charge in [-0.05, 0) is 27.7 Å². The van der Waals surface area contributed by atoms with Crippen molar-refractivity contribution in [1.82, 2.24) is 0 Å². The van der Waals surface area contributed by atoms with Gasteiger partial charge in [0.05, 0.1) is 13.2 Å². The topological polar surface area (TPSA) is 75.6 Å². The predicted molar refractivity (Wildman–Crippen MR) is 141 cm³/mol. The van der Waals surface area contributed by atoms with Gasteiger partial charge in [0.2, 0.25) is 0 Å². The van der Waals surface area contributed by atoms with Crippen LogP contribution in [0.15, 0.2) is 30.3 Å². The molecule has 0 radical (unpaired) electrons. The SMILES string of the molecule is CO[C@@H]1[C@@H](O)[C@H](OCc2ccccc2)O[C@@H]2CO[Si](C(C)C)(C(C)C)O[Si](C(C)C)(C(C)C)O[C@@H]12. The molecule has 2 heterocycles. The van der Waals surface area contributed by atoms with Crippen LogP contribution in [0, 0.1) is 0 Å². The van der Waals surface area contributed by atoms with E-state index in [1.807, 2.05) is 30.3 Å². The molecule has 35 heavy (non-hydrogen) atoms. The molecule has 9 heteroatoms. The largest absolute Gasteiger partial charge is 0.414 e. The van der Waals surface area contributed by atoms with Gasteiger partial charge in [-0.3, -0.25) is 0 Å². The van der Waals surface area contributed by atoms with Gasteiger partial charge in [-0.15, -0.1) is 0 Å². The molecule has 7 nitrogen and oxygen atoms in total. The molecule has 0 bridgehead atoms. The number of hydrogen-bond acceptors (Lipinski definition) is 7. The molecular formula is C26H46O7Si2. The minimum Gasteiger partial charge on any atom is -0.414 e. The first-order valence-electron chi connectivity index (χ1n) is 13.0. The molecule has 0 spiro atoms. The number of fused-ring (bicyclic) bond motifs is 1. The van der Waals surface area contributed by atoms with Crippen LogP contribution >= 0.6 is 0 Å². The molecule has 5 atom stereocenters. The van der Waals surface area contributed by atoms with Gasteiger partial charge in [-0.1, -0.05) is 85.7 Å². The van der Waals surface area contributed by atoms with E-state index < -0.39 is 47.8 Å². The van der Waals surface area contributed by atoms with E-state index in [1.165, 1.54) is 0 Å². The fourth-order valence-corrected chi connectivity index (χ4v) is 16.7. The van der Waals surface area contributed by atoms with E-state index in [9.17, 15) is 5.11 Å². The molecule has 2 aliphatic rings. The molecular weight excluding hydrogens is 480 g/mol. The summed E-state index contributed by atoms with van der Waals surface area (Å²) in [7, 11) is -3.93. The van der Waals surface area contributed by atoms with E-state index in [2.05, 4.69) is 55.4 Å². The van der Waals surface area contributed by atoms with Gasteiger partial charge < -0.3 is 32.3 Å². The average molecular weight is 527 g/mol. The summed E-state index contributed by atoms with van der Waals surface area (Å²) in [5, 5.41) is 11.2. The highest BCUT2D eigenvalue weighted by Crippen LogP contribution is 2.47. The van der Waals surface area contributed by atoms with Crippen LogP contribution in [-0.4, -0.2) is 66.7 Å².